The number of Topliss-reactive ketones (excluding diaryl/α,β-unsaturated/α-hetero) is 1. The molecule has 1 aromatic rings. The monoisotopic (exact) mass is 352 g/mol. The Morgan fingerprint density at radius 1 is 1.12 bits per heavy atom. The smallest absolute Gasteiger partial charge is 0.407 e. The molecular formula is C17H24N2O4S. The molecule has 0 saturated heterocycles. The van der Waals surface area contributed by atoms with E-state index in [1.807, 2.05) is 0 Å². The van der Waals surface area contributed by atoms with Gasteiger partial charge in [0.05, 0.1) is 5.75 Å². The fourth-order valence-electron chi connectivity index (χ4n) is 1.69. The summed E-state index contributed by atoms with van der Waals surface area (Å²) in [4.78, 5) is 34.4. The van der Waals surface area contributed by atoms with Crippen LogP contribution in [-0.2, 0) is 9.53 Å². The van der Waals surface area contributed by atoms with Crippen LogP contribution in [0.2, 0.25) is 0 Å². The van der Waals surface area contributed by atoms with Crippen molar-refractivity contribution in [3.8, 4) is 0 Å². The molecule has 0 aliphatic rings. The van der Waals surface area contributed by atoms with Crippen LogP contribution in [0.1, 0.15) is 38.1 Å². The number of hydrogen-bond acceptors (Lipinski definition) is 5. The van der Waals surface area contributed by atoms with E-state index in [0.717, 1.165) is 0 Å². The van der Waals surface area contributed by atoms with Crippen molar-refractivity contribution in [2.24, 2.45) is 0 Å². The van der Waals surface area contributed by atoms with Gasteiger partial charge in [-0.05, 0) is 52.0 Å². The van der Waals surface area contributed by atoms with Gasteiger partial charge in [-0.15, -0.1) is 0 Å². The lowest BCUT2D eigenvalue weighted by molar-refractivity contribution is -0.113. The van der Waals surface area contributed by atoms with E-state index in [4.69, 9.17) is 4.74 Å². The Morgan fingerprint density at radius 3 is 2.29 bits per heavy atom. The van der Waals surface area contributed by atoms with E-state index < -0.39 is 11.7 Å². The van der Waals surface area contributed by atoms with Crippen LogP contribution in [0.4, 0.5) is 10.5 Å². The molecular weight excluding hydrogens is 328 g/mol. The van der Waals surface area contributed by atoms with Crippen LogP contribution < -0.4 is 10.6 Å². The molecule has 6 nitrogen and oxygen atoms in total. The van der Waals surface area contributed by atoms with Crippen molar-refractivity contribution in [3.63, 3.8) is 0 Å². The number of hydrogen-bond donors (Lipinski definition) is 2. The van der Waals surface area contributed by atoms with Crippen LogP contribution in [0.15, 0.2) is 24.3 Å². The van der Waals surface area contributed by atoms with Crippen LogP contribution in [0.3, 0.4) is 0 Å². The summed E-state index contributed by atoms with van der Waals surface area (Å²) in [5.41, 5.74) is 0.739. The maximum absolute atomic E-state index is 11.8. The average Bonchev–Trinajstić information content (AvgIpc) is 2.45. The molecule has 0 unspecified atom stereocenters. The van der Waals surface area contributed by atoms with E-state index >= 15 is 0 Å². The number of rotatable bonds is 7. The van der Waals surface area contributed by atoms with Crippen molar-refractivity contribution < 1.29 is 19.1 Å². The largest absolute Gasteiger partial charge is 0.444 e. The highest BCUT2D eigenvalue weighted by molar-refractivity contribution is 7.99. The SMILES string of the molecule is CC(=O)c1ccc(NC(=O)CSCCNC(=O)OC(C)(C)C)cc1. The Labute approximate surface area is 146 Å². The summed E-state index contributed by atoms with van der Waals surface area (Å²) < 4.78 is 5.11. The fraction of sp³-hybridized carbons (Fsp3) is 0.471. The number of nitrogens with one attached hydrogen (secondary N) is 2. The van der Waals surface area contributed by atoms with E-state index in [9.17, 15) is 14.4 Å². The normalized spacial score (nSPS) is 10.8. The minimum Gasteiger partial charge on any atom is -0.444 e. The molecule has 0 aliphatic heterocycles. The highest BCUT2D eigenvalue weighted by atomic mass is 32.2. The quantitative estimate of drug-likeness (QED) is 0.582. The summed E-state index contributed by atoms with van der Waals surface area (Å²) in [6.07, 6.45) is -0.460. The second-order valence-electron chi connectivity index (χ2n) is 6.16. The molecule has 0 heterocycles. The first kappa shape index (κ1) is 20.0. The standard InChI is InChI=1S/C17H24N2O4S/c1-12(20)13-5-7-14(8-6-13)19-15(21)11-24-10-9-18-16(22)23-17(2,3)4/h5-8H,9-11H2,1-4H3,(H,18,22)(H,19,21). The highest BCUT2D eigenvalue weighted by Gasteiger charge is 2.15. The molecule has 0 atom stereocenters. The molecule has 24 heavy (non-hydrogen) atoms. The van der Waals surface area contributed by atoms with Crippen molar-refractivity contribution in [1.29, 1.82) is 0 Å². The van der Waals surface area contributed by atoms with Crippen LogP contribution >= 0.6 is 11.8 Å². The topological polar surface area (TPSA) is 84.5 Å². The van der Waals surface area contributed by atoms with Crippen molar-refractivity contribution in [1.82, 2.24) is 5.32 Å². The average molecular weight is 352 g/mol. The molecule has 0 radical (unpaired) electrons. The predicted molar refractivity (Wildman–Crippen MR) is 96.6 cm³/mol. The molecule has 132 valence electrons. The number of alkyl carbamates (subject to hydrolysis) is 1. The Kier molecular flexibility index (Phi) is 7.78. The van der Waals surface area contributed by atoms with Crippen molar-refractivity contribution in [2.75, 3.05) is 23.4 Å². The molecule has 0 spiro atoms. The second-order valence-corrected chi connectivity index (χ2v) is 7.27. The van der Waals surface area contributed by atoms with Crippen LogP contribution in [0.5, 0.6) is 0 Å². The number of benzene rings is 1. The molecule has 7 heteroatoms. The van der Waals surface area contributed by atoms with Gasteiger partial charge >= 0.3 is 6.09 Å². The Morgan fingerprint density at radius 2 is 1.75 bits per heavy atom. The molecule has 2 amide bonds. The third kappa shape index (κ3) is 8.57. The summed E-state index contributed by atoms with van der Waals surface area (Å²) in [6, 6.07) is 6.75. The lowest BCUT2D eigenvalue weighted by atomic mass is 10.1. The Hall–Kier alpha value is -2.02. The highest BCUT2D eigenvalue weighted by Crippen LogP contribution is 2.11. The van der Waals surface area contributed by atoms with Crippen molar-refractivity contribution in [2.45, 2.75) is 33.3 Å². The summed E-state index contributed by atoms with van der Waals surface area (Å²) in [5.74, 6) is 0.745. The van der Waals surface area contributed by atoms with Gasteiger partial charge in [0, 0.05) is 23.5 Å². The van der Waals surface area contributed by atoms with Gasteiger partial charge in [0.15, 0.2) is 5.78 Å². The number of anilines is 1. The molecule has 0 bridgehead atoms. The van der Waals surface area contributed by atoms with Gasteiger partial charge < -0.3 is 15.4 Å². The maximum atomic E-state index is 11.8. The number of carbonyl (C=O) groups is 3. The van der Waals surface area contributed by atoms with Crippen molar-refractivity contribution in [3.05, 3.63) is 29.8 Å². The molecule has 2 N–H and O–H groups in total. The molecule has 0 fully saturated rings. The number of ether oxygens (including phenoxy) is 1. The van der Waals surface area contributed by atoms with E-state index in [1.54, 1.807) is 45.0 Å². The zero-order valence-corrected chi connectivity index (χ0v) is 15.3. The minimum atomic E-state index is -0.519. The first-order valence-electron chi connectivity index (χ1n) is 7.63. The van der Waals surface area contributed by atoms with Gasteiger partial charge in [-0.3, -0.25) is 9.59 Å². The molecule has 1 rings (SSSR count). The van der Waals surface area contributed by atoms with Crippen LogP contribution in [0, 0.1) is 0 Å². The lowest BCUT2D eigenvalue weighted by Gasteiger charge is -2.19. The first-order valence-corrected chi connectivity index (χ1v) is 8.78. The van der Waals surface area contributed by atoms with Gasteiger partial charge in [0.2, 0.25) is 5.91 Å². The molecule has 0 aromatic heterocycles. The van der Waals surface area contributed by atoms with Gasteiger partial charge in [0.1, 0.15) is 5.60 Å². The summed E-state index contributed by atoms with van der Waals surface area (Å²) >= 11 is 1.41. The van der Waals surface area contributed by atoms with Crippen LogP contribution in [0.25, 0.3) is 0 Å². The Balaban J connectivity index is 2.20. The fourth-order valence-corrected chi connectivity index (χ4v) is 2.34. The van der Waals surface area contributed by atoms with Crippen LogP contribution in [-0.4, -0.2) is 41.4 Å². The zero-order chi connectivity index (χ0) is 18.2. The van der Waals surface area contributed by atoms with Gasteiger partial charge in [0.25, 0.3) is 0 Å². The number of thioether (sulfide) groups is 1. The molecule has 1 aromatic carbocycles. The first-order chi connectivity index (χ1) is 11.2. The third-order valence-electron chi connectivity index (χ3n) is 2.72. The molecule has 0 aliphatic carbocycles. The lowest BCUT2D eigenvalue weighted by Crippen LogP contribution is -2.33. The Bertz CT molecular complexity index is 579. The number of carbonyl (C=O) groups excluding carboxylic acids is 3. The predicted octanol–water partition coefficient (Wildman–Crippen LogP) is 3.09. The van der Waals surface area contributed by atoms with Gasteiger partial charge in [-0.2, -0.15) is 11.8 Å². The molecule has 0 saturated carbocycles. The minimum absolute atomic E-state index is 0.0130. The summed E-state index contributed by atoms with van der Waals surface area (Å²) in [5, 5.41) is 5.39. The third-order valence-corrected chi connectivity index (χ3v) is 3.68. The van der Waals surface area contributed by atoms with Gasteiger partial charge in [-0.1, -0.05) is 0 Å². The van der Waals surface area contributed by atoms with E-state index in [1.165, 1.54) is 18.7 Å². The maximum Gasteiger partial charge on any atom is 0.407 e. The van der Waals surface area contributed by atoms with Crippen molar-refractivity contribution >= 4 is 35.2 Å². The van der Waals surface area contributed by atoms with Gasteiger partial charge in [-0.25, -0.2) is 4.79 Å². The zero-order valence-electron chi connectivity index (χ0n) is 14.5. The number of amides is 2. The summed E-state index contributed by atoms with van der Waals surface area (Å²) in [7, 11) is 0. The number of ketones is 1. The summed E-state index contributed by atoms with van der Waals surface area (Å²) in [6.45, 7) is 7.33. The van der Waals surface area contributed by atoms with E-state index in [0.29, 0.717) is 23.5 Å². The van der Waals surface area contributed by atoms with E-state index in [-0.39, 0.29) is 17.4 Å². The van der Waals surface area contributed by atoms with E-state index in [2.05, 4.69) is 10.6 Å². The second kappa shape index (κ2) is 9.32.